The van der Waals surface area contributed by atoms with Crippen LogP contribution in [0.5, 0.6) is 0 Å². The van der Waals surface area contributed by atoms with Crippen LogP contribution >= 0.6 is 0 Å². The van der Waals surface area contributed by atoms with Crippen LogP contribution in [0.15, 0.2) is 180 Å². The number of nitrogens with zero attached hydrogens (tertiary/aromatic N) is 4. The van der Waals surface area contributed by atoms with Crippen molar-refractivity contribution in [3.05, 3.63) is 204 Å². The van der Waals surface area contributed by atoms with Gasteiger partial charge in [-0.25, -0.2) is 48.6 Å². The number of rotatable bonds is 25. The molecule has 31 heteroatoms. The smallest absolute Gasteiger partial charge is 0.480 e. The number of amidine groups is 2. The molecule has 0 unspecified atom stereocenters. The largest absolute Gasteiger partial charge is 0.516 e. The number of hydrazone groups is 2. The van der Waals surface area contributed by atoms with E-state index in [0.717, 1.165) is 22.3 Å². The molecule has 0 fully saturated rings. The van der Waals surface area contributed by atoms with Crippen molar-refractivity contribution < 1.29 is 90.9 Å². The number of aromatic nitrogens is 2. The number of benzene rings is 4. The maximum atomic E-state index is 12.6. The van der Waals surface area contributed by atoms with Crippen LogP contribution in [0.1, 0.15) is 156 Å². The number of aryl methyl sites for hydroxylation is 4. The van der Waals surface area contributed by atoms with Crippen molar-refractivity contribution >= 4 is 72.2 Å². The van der Waals surface area contributed by atoms with Gasteiger partial charge in [0.1, 0.15) is 58.0 Å². The van der Waals surface area contributed by atoms with Crippen molar-refractivity contribution in [2.75, 3.05) is 13.2 Å². The molecule has 2 aromatic heterocycles. The molecule has 0 aliphatic carbocycles. The van der Waals surface area contributed by atoms with E-state index >= 15 is 0 Å². The highest BCUT2D eigenvalue weighted by molar-refractivity contribution is 5.97. The molecule has 0 saturated heterocycles. The predicted molar refractivity (Wildman–Crippen MR) is 408 cm³/mol. The van der Waals surface area contributed by atoms with Gasteiger partial charge in [-0.15, -0.1) is 0 Å². The number of pyridine rings is 2. The minimum Gasteiger partial charge on any atom is -0.480 e. The average Bonchev–Trinajstić information content (AvgIpc) is 0.895. The van der Waals surface area contributed by atoms with Gasteiger partial charge < -0.3 is 81.6 Å². The van der Waals surface area contributed by atoms with Crippen molar-refractivity contribution in [2.45, 2.75) is 195 Å². The fourth-order valence-corrected chi connectivity index (χ4v) is 8.59. The van der Waals surface area contributed by atoms with Gasteiger partial charge in [-0.1, -0.05) is 133 Å². The van der Waals surface area contributed by atoms with E-state index in [1.165, 1.54) is 0 Å². The third-order valence-corrected chi connectivity index (χ3v) is 13.4. The molecule has 12 N–H and O–H groups in total. The SMILES string of the molecule is CC(C)(C)OC(=O)N[C@H](CCc1ccccc1)C(=O)N/N=C(\N)c1ccccn1.CC(C)(C)OC(=O)N[C@H](CCc1ccccc1)C(=O)O.CCOC(=O)OC(=O)[C@@H](CCc1ccccc1)NC(=O)OC(C)(C)C.CCOC(=O)OC(=O)[C@@H](CCc1ccccc1)NC(=O)OC(C)(C)C.N/N=C(/N)c1ccccn1. The Morgan fingerprint density at radius 3 is 0.954 bits per heavy atom. The lowest BCUT2D eigenvalue weighted by Gasteiger charge is -2.23. The van der Waals surface area contributed by atoms with Crippen LogP contribution in [-0.2, 0) is 82.8 Å². The Bertz CT molecular complexity index is 3690. The van der Waals surface area contributed by atoms with Crippen LogP contribution in [0.25, 0.3) is 0 Å². The fourth-order valence-electron chi connectivity index (χ4n) is 8.59. The number of carbonyl (C=O) groups is 10. The molecular weight excluding hydrogens is 1410 g/mol. The summed E-state index contributed by atoms with van der Waals surface area (Å²) in [6.45, 7) is 24.1. The molecule has 5 amide bonds. The van der Waals surface area contributed by atoms with Crippen molar-refractivity contribution in [1.82, 2.24) is 36.7 Å². The number of esters is 2. The summed E-state index contributed by atoms with van der Waals surface area (Å²) in [5.41, 5.74) is 16.0. The second kappa shape index (κ2) is 48.8. The molecular formula is C78H106N12O19. The number of alkyl carbamates (subject to hydrolysis) is 4. The van der Waals surface area contributed by atoms with E-state index in [1.807, 2.05) is 127 Å². The number of hydrogen-bond acceptors (Lipinski definition) is 23. The average molecular weight is 1520 g/mol. The molecule has 4 atom stereocenters. The molecule has 0 saturated carbocycles. The Kier molecular flexibility index (Phi) is 41.6. The van der Waals surface area contributed by atoms with Gasteiger partial charge in [0.05, 0.1) is 13.2 Å². The van der Waals surface area contributed by atoms with Crippen molar-refractivity contribution in [1.29, 1.82) is 0 Å². The van der Waals surface area contributed by atoms with Crippen LogP contribution in [-0.4, -0.2) is 147 Å². The zero-order chi connectivity index (χ0) is 81.6. The first-order valence-corrected chi connectivity index (χ1v) is 34.9. The maximum absolute atomic E-state index is 12.6. The minimum absolute atomic E-state index is 0.0676. The molecule has 109 heavy (non-hydrogen) atoms. The Morgan fingerprint density at radius 2 is 0.679 bits per heavy atom. The molecule has 0 spiro atoms. The number of nitrogens with one attached hydrogen (secondary N) is 5. The summed E-state index contributed by atoms with van der Waals surface area (Å²) in [4.78, 5) is 126. The molecule has 6 rings (SSSR count). The zero-order valence-corrected chi connectivity index (χ0v) is 64.4. The van der Waals surface area contributed by atoms with E-state index in [1.54, 1.807) is 140 Å². The monoisotopic (exact) mass is 1510 g/mol. The van der Waals surface area contributed by atoms with Crippen LogP contribution < -0.4 is 44.0 Å². The summed E-state index contributed by atoms with van der Waals surface area (Å²) >= 11 is 0. The number of nitrogens with two attached hydrogens (primary N) is 3. The number of carbonyl (C=O) groups excluding carboxylic acids is 9. The van der Waals surface area contributed by atoms with E-state index in [2.05, 4.69) is 65.8 Å². The van der Waals surface area contributed by atoms with Crippen LogP contribution in [0.3, 0.4) is 0 Å². The minimum atomic E-state index is -1.09. The topological polar surface area (TPSA) is 453 Å². The van der Waals surface area contributed by atoms with E-state index in [4.69, 9.17) is 41.4 Å². The number of ether oxygens (including phenoxy) is 8. The summed E-state index contributed by atoms with van der Waals surface area (Å²) in [6, 6.07) is 44.8. The summed E-state index contributed by atoms with van der Waals surface area (Å²) in [5, 5.41) is 26.2. The highest BCUT2D eigenvalue weighted by Gasteiger charge is 2.31. The van der Waals surface area contributed by atoms with Gasteiger partial charge in [-0.3, -0.25) is 14.8 Å². The molecule has 31 nitrogen and oxygen atoms in total. The Labute approximate surface area is 636 Å². The standard InChI is InChI=1S/C21H27N5O3.2C18H25NO6.C15H21NO4.C6H8N4/c1-21(2,3)29-20(28)24-17(13-12-15-9-5-4-6-10-15)19(27)26-25-18(22)16-11-7-8-14-23-16;2*1-5-23-17(22)24-15(20)14(19-16(21)25-18(2,3)4)12-11-13-9-7-6-8-10-13;1-15(2,3)20-14(19)16-12(13(17)18)10-9-11-7-5-4-6-8-11;7-6(10-8)5-3-1-2-4-9-5/h4-11,14,17H,12-13H2,1-3H3,(H2,22,25)(H,24,28)(H,26,27);2*6-10,14H,5,11-12H2,1-4H3,(H,19,21);4-8,12H,9-10H2,1-3H3,(H,16,19)(H,17,18);1-4H,8H2,(H2,7,10)/t17-;2*14-;12-;/m1111./s1. The third-order valence-electron chi connectivity index (χ3n) is 13.4. The Hall–Kier alpha value is -12.2. The molecule has 0 bridgehead atoms. The number of amides is 5. The number of aliphatic carboxylic acids is 1. The summed E-state index contributed by atoms with van der Waals surface area (Å²) < 4.78 is 39.0. The van der Waals surface area contributed by atoms with E-state index < -0.39 is 107 Å². The molecule has 2 heterocycles. The van der Waals surface area contributed by atoms with Crippen molar-refractivity contribution in [2.24, 2.45) is 27.5 Å². The van der Waals surface area contributed by atoms with Gasteiger partial charge in [-0.2, -0.15) is 10.2 Å². The molecule has 592 valence electrons. The zero-order valence-electron chi connectivity index (χ0n) is 64.4. The molecule has 6 aromatic rings. The molecule has 0 radical (unpaired) electrons. The summed E-state index contributed by atoms with van der Waals surface area (Å²) in [5.74, 6) is 1.91. The fraction of sp³-hybridized carbons (Fsp3) is 0.410. The van der Waals surface area contributed by atoms with Crippen molar-refractivity contribution in [3.8, 4) is 0 Å². The normalized spacial score (nSPS) is 12.2. The van der Waals surface area contributed by atoms with Gasteiger partial charge in [0, 0.05) is 12.4 Å². The highest BCUT2D eigenvalue weighted by Crippen LogP contribution is 2.16. The lowest BCUT2D eigenvalue weighted by molar-refractivity contribution is -0.143. The summed E-state index contributed by atoms with van der Waals surface area (Å²) in [7, 11) is 0. The number of hydrogen-bond donors (Lipinski definition) is 9. The summed E-state index contributed by atoms with van der Waals surface area (Å²) in [6.07, 6.45) is 1.50. The predicted octanol–water partition coefficient (Wildman–Crippen LogP) is 11.0. The van der Waals surface area contributed by atoms with E-state index in [9.17, 15) is 47.9 Å². The quantitative estimate of drug-likeness (QED) is 0.00489. The van der Waals surface area contributed by atoms with Gasteiger partial charge in [0.25, 0.3) is 5.91 Å². The van der Waals surface area contributed by atoms with E-state index in [-0.39, 0.29) is 37.7 Å². The van der Waals surface area contributed by atoms with E-state index in [0.29, 0.717) is 49.9 Å². The van der Waals surface area contributed by atoms with Gasteiger partial charge in [0.15, 0.2) is 11.7 Å². The first-order valence-electron chi connectivity index (χ1n) is 34.9. The lowest BCUT2D eigenvalue weighted by atomic mass is 10.0. The van der Waals surface area contributed by atoms with Crippen LogP contribution in [0.4, 0.5) is 28.8 Å². The first-order chi connectivity index (χ1) is 51.3. The second-order valence-corrected chi connectivity index (χ2v) is 27.4. The highest BCUT2D eigenvalue weighted by atomic mass is 16.7. The first kappa shape index (κ1) is 92.9. The molecule has 4 aromatic carbocycles. The maximum Gasteiger partial charge on any atom is 0.516 e. The second-order valence-electron chi connectivity index (χ2n) is 27.4. The Balaban J connectivity index is 0.000000475. The van der Waals surface area contributed by atoms with Crippen LogP contribution in [0, 0.1) is 0 Å². The Morgan fingerprint density at radius 1 is 0.404 bits per heavy atom. The number of carboxylic acid groups (broad SMARTS) is 1. The van der Waals surface area contributed by atoms with Gasteiger partial charge >= 0.3 is 54.6 Å². The van der Waals surface area contributed by atoms with Crippen LogP contribution in [0.2, 0.25) is 0 Å². The van der Waals surface area contributed by atoms with Gasteiger partial charge in [-0.05, 0) is 195 Å². The third kappa shape index (κ3) is 45.1. The lowest BCUT2D eigenvalue weighted by Crippen LogP contribution is -2.47. The van der Waals surface area contributed by atoms with Crippen molar-refractivity contribution in [3.63, 3.8) is 0 Å². The van der Waals surface area contributed by atoms with Gasteiger partial charge in [0.2, 0.25) is 0 Å². The number of carboxylic acids is 1. The molecule has 0 aliphatic heterocycles. The molecule has 0 aliphatic rings.